The monoisotopic (exact) mass is 402 g/mol. The fourth-order valence-electron chi connectivity index (χ4n) is 3.12. The number of aliphatic hydroxyl groups excluding tert-OH is 1. The Morgan fingerprint density at radius 2 is 1.18 bits per heavy atom. The van der Waals surface area contributed by atoms with Crippen LogP contribution in [0.15, 0.2) is 0 Å². The molecule has 28 heavy (non-hydrogen) atoms. The number of unbranched alkanes of at least 4 members (excludes halogenated alkanes) is 8. The van der Waals surface area contributed by atoms with Crippen LogP contribution in [0.5, 0.6) is 0 Å². The standard InChI is InChI=1S/C21H38O7/c1-4-6-8-10-12-14-18(24)20(26,16-22)21(27,28-17(3)23)19(25)15-13-11-9-7-5-2/h22,26-27H,4-16H2,1-3H3. The molecule has 0 saturated carbocycles. The maximum absolute atomic E-state index is 12.6. The molecule has 0 radical (unpaired) electrons. The van der Waals surface area contributed by atoms with Gasteiger partial charge in [0.15, 0.2) is 5.78 Å². The van der Waals surface area contributed by atoms with Gasteiger partial charge >= 0.3 is 11.8 Å². The van der Waals surface area contributed by atoms with Crippen molar-refractivity contribution in [3.8, 4) is 0 Å². The zero-order chi connectivity index (χ0) is 21.6. The highest BCUT2D eigenvalue weighted by Crippen LogP contribution is 2.30. The molecular weight excluding hydrogens is 364 g/mol. The second-order valence-corrected chi connectivity index (χ2v) is 7.43. The van der Waals surface area contributed by atoms with Crippen molar-refractivity contribution in [1.29, 1.82) is 0 Å². The quantitative estimate of drug-likeness (QED) is 0.194. The molecule has 164 valence electrons. The van der Waals surface area contributed by atoms with Crippen LogP contribution in [-0.4, -0.2) is 50.9 Å². The van der Waals surface area contributed by atoms with Crippen LogP contribution in [0.2, 0.25) is 0 Å². The average Bonchev–Trinajstić information content (AvgIpc) is 2.65. The van der Waals surface area contributed by atoms with E-state index in [0.29, 0.717) is 12.8 Å². The van der Waals surface area contributed by atoms with Gasteiger partial charge in [0.2, 0.25) is 11.4 Å². The van der Waals surface area contributed by atoms with Gasteiger partial charge < -0.3 is 20.1 Å². The van der Waals surface area contributed by atoms with E-state index >= 15 is 0 Å². The highest BCUT2D eigenvalue weighted by Gasteiger charge is 2.61. The van der Waals surface area contributed by atoms with Crippen molar-refractivity contribution in [2.75, 3.05) is 6.61 Å². The molecule has 0 rings (SSSR count). The Bertz CT molecular complexity index is 491. The number of esters is 1. The van der Waals surface area contributed by atoms with Gasteiger partial charge in [-0.25, -0.2) is 0 Å². The van der Waals surface area contributed by atoms with Crippen molar-refractivity contribution in [2.45, 2.75) is 109 Å². The maximum Gasteiger partial charge on any atom is 0.309 e. The molecule has 0 aliphatic heterocycles. The first-order valence-electron chi connectivity index (χ1n) is 10.5. The molecule has 0 saturated heterocycles. The third-order valence-corrected chi connectivity index (χ3v) is 4.93. The van der Waals surface area contributed by atoms with Gasteiger partial charge in [-0.05, 0) is 12.8 Å². The van der Waals surface area contributed by atoms with Gasteiger partial charge in [-0.15, -0.1) is 0 Å². The number of carbonyl (C=O) groups is 3. The molecule has 7 heteroatoms. The van der Waals surface area contributed by atoms with Gasteiger partial charge in [0.05, 0.1) is 6.61 Å². The number of hydrogen-bond donors (Lipinski definition) is 3. The average molecular weight is 403 g/mol. The van der Waals surface area contributed by atoms with Crippen LogP contribution in [0.3, 0.4) is 0 Å². The predicted octanol–water partition coefficient (Wildman–Crippen LogP) is 2.82. The van der Waals surface area contributed by atoms with Crippen molar-refractivity contribution in [2.24, 2.45) is 0 Å². The summed E-state index contributed by atoms with van der Waals surface area (Å²) in [7, 11) is 0. The first kappa shape index (κ1) is 26.7. The summed E-state index contributed by atoms with van der Waals surface area (Å²) < 4.78 is 4.74. The fraction of sp³-hybridized carbons (Fsp3) is 0.857. The van der Waals surface area contributed by atoms with Gasteiger partial charge in [0, 0.05) is 19.8 Å². The smallest absolute Gasteiger partial charge is 0.309 e. The lowest BCUT2D eigenvalue weighted by atomic mass is 9.82. The first-order chi connectivity index (χ1) is 13.2. The minimum absolute atomic E-state index is 0.131. The third-order valence-electron chi connectivity index (χ3n) is 4.93. The van der Waals surface area contributed by atoms with E-state index in [4.69, 9.17) is 4.74 Å². The molecular formula is C21H38O7. The number of Topliss-reactive ketones (excluding diaryl/α,β-unsaturated/α-hetero) is 2. The summed E-state index contributed by atoms with van der Waals surface area (Å²) in [4.78, 5) is 36.6. The van der Waals surface area contributed by atoms with Gasteiger partial charge in [-0.1, -0.05) is 65.2 Å². The van der Waals surface area contributed by atoms with Crippen molar-refractivity contribution in [3.05, 3.63) is 0 Å². The largest absolute Gasteiger partial charge is 0.422 e. The van der Waals surface area contributed by atoms with Crippen LogP contribution in [0.1, 0.15) is 97.8 Å². The summed E-state index contributed by atoms with van der Waals surface area (Å²) in [5.41, 5.74) is -2.87. The summed E-state index contributed by atoms with van der Waals surface area (Å²) in [6, 6.07) is 0. The van der Waals surface area contributed by atoms with Gasteiger partial charge in [0.25, 0.3) is 0 Å². The van der Waals surface area contributed by atoms with Gasteiger partial charge in [-0.2, -0.15) is 0 Å². The summed E-state index contributed by atoms with van der Waals surface area (Å²) >= 11 is 0. The summed E-state index contributed by atoms with van der Waals surface area (Å²) in [5.74, 6) is -5.99. The van der Waals surface area contributed by atoms with E-state index in [2.05, 4.69) is 13.8 Å². The molecule has 0 heterocycles. The molecule has 3 N–H and O–H groups in total. The molecule has 0 amide bonds. The fourth-order valence-corrected chi connectivity index (χ4v) is 3.12. The molecule has 0 fully saturated rings. The minimum Gasteiger partial charge on any atom is -0.422 e. The van der Waals surface area contributed by atoms with Crippen molar-refractivity contribution >= 4 is 17.5 Å². The number of ketones is 2. The Labute approximate surface area is 168 Å². The minimum atomic E-state index is -3.08. The van der Waals surface area contributed by atoms with E-state index in [1.807, 2.05) is 0 Å². The normalized spacial score (nSPS) is 15.5. The number of rotatable bonds is 17. The summed E-state index contributed by atoms with van der Waals surface area (Å²) in [6.45, 7) is 3.86. The van der Waals surface area contributed by atoms with Crippen LogP contribution < -0.4 is 0 Å². The Morgan fingerprint density at radius 1 is 0.750 bits per heavy atom. The number of ether oxygens (including phenoxy) is 1. The van der Waals surface area contributed by atoms with E-state index in [9.17, 15) is 29.7 Å². The van der Waals surface area contributed by atoms with Crippen molar-refractivity contribution < 1.29 is 34.4 Å². The van der Waals surface area contributed by atoms with E-state index < -0.39 is 35.5 Å². The summed E-state index contributed by atoms with van der Waals surface area (Å²) in [5, 5.41) is 31.1. The molecule has 0 spiro atoms. The molecule has 2 unspecified atom stereocenters. The van der Waals surface area contributed by atoms with Crippen LogP contribution in [0, 0.1) is 0 Å². The second-order valence-electron chi connectivity index (χ2n) is 7.43. The Balaban J connectivity index is 5.21. The number of hydrogen-bond acceptors (Lipinski definition) is 7. The molecule has 0 bridgehead atoms. The molecule has 0 aromatic rings. The maximum atomic E-state index is 12.6. The van der Waals surface area contributed by atoms with Gasteiger partial charge in [-0.3, -0.25) is 14.4 Å². The van der Waals surface area contributed by atoms with Crippen LogP contribution >= 0.6 is 0 Å². The van der Waals surface area contributed by atoms with Crippen LogP contribution in [0.4, 0.5) is 0 Å². The van der Waals surface area contributed by atoms with Crippen LogP contribution in [0.25, 0.3) is 0 Å². The van der Waals surface area contributed by atoms with E-state index in [1.54, 1.807) is 0 Å². The molecule has 0 aliphatic carbocycles. The SMILES string of the molecule is CCCCCCCC(=O)C(O)(CO)C(O)(OC(C)=O)C(=O)CCCCCCC. The van der Waals surface area contributed by atoms with E-state index in [0.717, 1.165) is 58.3 Å². The second kappa shape index (κ2) is 13.8. The lowest BCUT2D eigenvalue weighted by Gasteiger charge is -2.38. The highest BCUT2D eigenvalue weighted by atomic mass is 16.7. The topological polar surface area (TPSA) is 121 Å². The predicted molar refractivity (Wildman–Crippen MR) is 106 cm³/mol. The summed E-state index contributed by atoms with van der Waals surface area (Å²) in [6.07, 6.45) is 7.99. The highest BCUT2D eigenvalue weighted by molar-refractivity contribution is 5.99. The van der Waals surface area contributed by atoms with E-state index in [-0.39, 0.29) is 12.8 Å². The molecule has 0 aromatic carbocycles. The van der Waals surface area contributed by atoms with Gasteiger partial charge in [0.1, 0.15) is 0 Å². The molecule has 0 aliphatic rings. The Morgan fingerprint density at radius 3 is 1.57 bits per heavy atom. The van der Waals surface area contributed by atoms with Crippen LogP contribution in [-0.2, 0) is 19.1 Å². The molecule has 0 aromatic heterocycles. The zero-order valence-corrected chi connectivity index (χ0v) is 17.7. The third kappa shape index (κ3) is 7.97. The van der Waals surface area contributed by atoms with E-state index in [1.165, 1.54) is 0 Å². The number of aliphatic hydroxyl groups is 3. The zero-order valence-electron chi connectivity index (χ0n) is 17.7. The molecule has 2 atom stereocenters. The lowest BCUT2D eigenvalue weighted by molar-refractivity contribution is -0.269. The lowest BCUT2D eigenvalue weighted by Crippen LogP contribution is -2.67. The number of carbonyl (C=O) groups excluding carboxylic acids is 3. The molecule has 7 nitrogen and oxygen atoms in total. The Kier molecular flexibility index (Phi) is 13.2. The Hall–Kier alpha value is -1.31. The van der Waals surface area contributed by atoms with Crippen molar-refractivity contribution in [3.63, 3.8) is 0 Å². The van der Waals surface area contributed by atoms with Crippen molar-refractivity contribution in [1.82, 2.24) is 0 Å². The first-order valence-corrected chi connectivity index (χ1v) is 10.5.